The summed E-state index contributed by atoms with van der Waals surface area (Å²) in [5.41, 5.74) is 1.09. The highest BCUT2D eigenvalue weighted by Crippen LogP contribution is 2.15. The Hall–Kier alpha value is -0.930. The highest BCUT2D eigenvalue weighted by Gasteiger charge is 2.03. The molecule has 0 N–H and O–H groups in total. The number of hydrogen-bond donors (Lipinski definition) is 0. The molecule has 2 rings (SSSR count). The van der Waals surface area contributed by atoms with Crippen molar-refractivity contribution >= 4 is 26.7 Å². The highest BCUT2D eigenvalue weighted by atomic mass is 79.9. The second-order valence-electron chi connectivity index (χ2n) is 3.43. The summed E-state index contributed by atoms with van der Waals surface area (Å²) in [7, 11) is -0.956. The Labute approximate surface area is 106 Å². The van der Waals surface area contributed by atoms with Crippen molar-refractivity contribution in [1.82, 2.24) is 0 Å². The molecular formula is C13H11BrOS. The minimum Gasteiger partial charge on any atom is -0.254 e. The van der Waals surface area contributed by atoms with E-state index in [9.17, 15) is 4.21 Å². The van der Waals surface area contributed by atoms with Crippen LogP contribution < -0.4 is 0 Å². The molecule has 2 aromatic carbocycles. The van der Waals surface area contributed by atoms with Crippen LogP contribution in [0.5, 0.6) is 0 Å². The average Bonchev–Trinajstić information content (AvgIpc) is 2.33. The third-order valence-corrected chi connectivity index (χ3v) is 4.14. The van der Waals surface area contributed by atoms with Gasteiger partial charge in [-0.25, -0.2) is 0 Å². The van der Waals surface area contributed by atoms with Crippen molar-refractivity contribution in [1.29, 1.82) is 0 Å². The summed E-state index contributed by atoms with van der Waals surface area (Å²) in [6.07, 6.45) is 0. The standard InChI is InChI=1S/C13H11BrOS/c14-12-8-6-11(7-9-12)10-16(15)13-4-2-1-3-5-13/h1-9H,10H2/t16-/m0/s1. The van der Waals surface area contributed by atoms with E-state index in [2.05, 4.69) is 15.9 Å². The molecule has 0 fully saturated rings. The Balaban J connectivity index is 2.11. The van der Waals surface area contributed by atoms with Crippen LogP contribution in [0.3, 0.4) is 0 Å². The van der Waals surface area contributed by atoms with Gasteiger partial charge in [0.25, 0.3) is 0 Å². The Bertz CT molecular complexity index is 479. The van der Waals surface area contributed by atoms with E-state index >= 15 is 0 Å². The largest absolute Gasteiger partial charge is 0.254 e. The highest BCUT2D eigenvalue weighted by molar-refractivity contribution is 9.10. The van der Waals surface area contributed by atoms with Gasteiger partial charge in [0.15, 0.2) is 0 Å². The van der Waals surface area contributed by atoms with Crippen molar-refractivity contribution in [2.45, 2.75) is 10.6 Å². The van der Waals surface area contributed by atoms with E-state index in [-0.39, 0.29) is 0 Å². The summed E-state index contributed by atoms with van der Waals surface area (Å²) in [6, 6.07) is 17.5. The lowest BCUT2D eigenvalue weighted by atomic mass is 10.2. The number of halogens is 1. The van der Waals surface area contributed by atoms with Crippen molar-refractivity contribution < 1.29 is 4.21 Å². The predicted molar refractivity (Wildman–Crippen MR) is 70.7 cm³/mol. The molecule has 1 nitrogen and oxygen atoms in total. The van der Waals surface area contributed by atoms with Gasteiger partial charge in [-0.3, -0.25) is 4.21 Å². The van der Waals surface area contributed by atoms with Crippen LogP contribution in [0.25, 0.3) is 0 Å². The summed E-state index contributed by atoms with van der Waals surface area (Å²) < 4.78 is 13.0. The molecule has 3 heteroatoms. The third-order valence-electron chi connectivity index (χ3n) is 2.22. The molecule has 82 valence electrons. The molecule has 0 heterocycles. The second kappa shape index (κ2) is 5.41. The smallest absolute Gasteiger partial charge is 0.0574 e. The molecule has 0 saturated carbocycles. The van der Waals surface area contributed by atoms with Crippen LogP contribution in [0.1, 0.15) is 5.56 Å². The summed E-state index contributed by atoms with van der Waals surface area (Å²) in [6.45, 7) is 0. The van der Waals surface area contributed by atoms with Gasteiger partial charge >= 0.3 is 0 Å². The van der Waals surface area contributed by atoms with Crippen molar-refractivity contribution in [3.8, 4) is 0 Å². The minimum absolute atomic E-state index is 0.567. The van der Waals surface area contributed by atoms with E-state index in [1.165, 1.54) is 0 Å². The fourth-order valence-electron chi connectivity index (χ4n) is 1.39. The summed E-state index contributed by atoms with van der Waals surface area (Å²) in [5.74, 6) is 0.567. The Morgan fingerprint density at radius 2 is 1.56 bits per heavy atom. The van der Waals surface area contributed by atoms with E-state index < -0.39 is 10.8 Å². The van der Waals surface area contributed by atoms with Crippen LogP contribution in [-0.4, -0.2) is 4.21 Å². The zero-order valence-corrected chi connectivity index (χ0v) is 11.0. The van der Waals surface area contributed by atoms with E-state index in [0.29, 0.717) is 5.75 Å². The maximum atomic E-state index is 12.0. The lowest BCUT2D eigenvalue weighted by Crippen LogP contribution is -1.95. The van der Waals surface area contributed by atoms with Gasteiger partial charge in [-0.05, 0) is 29.8 Å². The molecule has 16 heavy (non-hydrogen) atoms. The molecule has 0 saturated heterocycles. The molecule has 0 radical (unpaired) electrons. The van der Waals surface area contributed by atoms with Crippen LogP contribution >= 0.6 is 15.9 Å². The van der Waals surface area contributed by atoms with Crippen molar-refractivity contribution in [2.75, 3.05) is 0 Å². The average molecular weight is 295 g/mol. The monoisotopic (exact) mass is 294 g/mol. The van der Waals surface area contributed by atoms with Gasteiger partial charge in [0.1, 0.15) is 0 Å². The molecule has 0 aliphatic heterocycles. The van der Waals surface area contributed by atoms with Gasteiger partial charge in [0, 0.05) is 9.37 Å². The van der Waals surface area contributed by atoms with E-state index in [4.69, 9.17) is 0 Å². The van der Waals surface area contributed by atoms with Gasteiger partial charge in [-0.15, -0.1) is 0 Å². The fraction of sp³-hybridized carbons (Fsp3) is 0.0769. The van der Waals surface area contributed by atoms with Crippen LogP contribution in [0.15, 0.2) is 64.0 Å². The third kappa shape index (κ3) is 3.03. The first-order valence-corrected chi connectivity index (χ1v) is 7.05. The Morgan fingerprint density at radius 1 is 0.938 bits per heavy atom. The fourth-order valence-corrected chi connectivity index (χ4v) is 2.77. The molecule has 0 spiro atoms. The Morgan fingerprint density at radius 3 is 2.19 bits per heavy atom. The van der Waals surface area contributed by atoms with Crippen LogP contribution in [-0.2, 0) is 16.6 Å². The first-order chi connectivity index (χ1) is 7.75. The van der Waals surface area contributed by atoms with Crippen LogP contribution in [0.4, 0.5) is 0 Å². The molecule has 0 unspecified atom stereocenters. The molecule has 0 bridgehead atoms. The number of rotatable bonds is 3. The first kappa shape index (κ1) is 11.6. The maximum Gasteiger partial charge on any atom is 0.0574 e. The quantitative estimate of drug-likeness (QED) is 0.842. The normalized spacial score (nSPS) is 12.3. The van der Waals surface area contributed by atoms with Crippen molar-refractivity contribution in [3.63, 3.8) is 0 Å². The number of benzene rings is 2. The zero-order valence-electron chi connectivity index (χ0n) is 8.60. The summed E-state index contributed by atoms with van der Waals surface area (Å²) in [4.78, 5) is 0.880. The maximum absolute atomic E-state index is 12.0. The van der Waals surface area contributed by atoms with Crippen LogP contribution in [0, 0.1) is 0 Å². The molecule has 0 amide bonds. The Kier molecular flexibility index (Phi) is 3.91. The summed E-state index contributed by atoms with van der Waals surface area (Å²) in [5, 5.41) is 0. The summed E-state index contributed by atoms with van der Waals surface area (Å²) >= 11 is 3.38. The van der Waals surface area contributed by atoms with Crippen molar-refractivity contribution in [3.05, 3.63) is 64.6 Å². The van der Waals surface area contributed by atoms with Gasteiger partial charge < -0.3 is 0 Å². The zero-order chi connectivity index (χ0) is 11.4. The second-order valence-corrected chi connectivity index (χ2v) is 5.80. The molecule has 0 aliphatic carbocycles. The van der Waals surface area contributed by atoms with E-state index in [1.54, 1.807) is 0 Å². The molecular weight excluding hydrogens is 284 g/mol. The van der Waals surface area contributed by atoms with Crippen molar-refractivity contribution in [2.24, 2.45) is 0 Å². The number of hydrogen-bond acceptors (Lipinski definition) is 1. The minimum atomic E-state index is -0.956. The SMILES string of the molecule is O=[S@@](Cc1ccc(Br)cc1)c1ccccc1. The lowest BCUT2D eigenvalue weighted by Gasteiger charge is -2.02. The molecule has 0 aromatic heterocycles. The van der Waals surface area contributed by atoms with Crippen LogP contribution in [0.2, 0.25) is 0 Å². The molecule has 0 aliphatic rings. The van der Waals surface area contributed by atoms with Gasteiger partial charge in [0.2, 0.25) is 0 Å². The first-order valence-electron chi connectivity index (χ1n) is 4.93. The van der Waals surface area contributed by atoms with Gasteiger partial charge in [-0.2, -0.15) is 0 Å². The van der Waals surface area contributed by atoms with Gasteiger partial charge in [0.05, 0.1) is 16.6 Å². The molecule has 1 atom stereocenters. The predicted octanol–water partition coefficient (Wildman–Crippen LogP) is 3.76. The van der Waals surface area contributed by atoms with E-state index in [1.807, 2.05) is 54.6 Å². The lowest BCUT2D eigenvalue weighted by molar-refractivity contribution is 0.682. The van der Waals surface area contributed by atoms with Gasteiger partial charge in [-0.1, -0.05) is 46.3 Å². The van der Waals surface area contributed by atoms with E-state index in [0.717, 1.165) is 14.9 Å². The molecule has 2 aromatic rings. The topological polar surface area (TPSA) is 17.1 Å².